The van der Waals surface area contributed by atoms with Gasteiger partial charge in [-0.1, -0.05) is 42.5 Å². The molecular formula is C24H26N2O6S2. The van der Waals surface area contributed by atoms with E-state index < -0.39 is 31.7 Å². The van der Waals surface area contributed by atoms with Crippen LogP contribution in [0.2, 0.25) is 0 Å². The Hall–Kier alpha value is -3.05. The molecular weight excluding hydrogens is 476 g/mol. The van der Waals surface area contributed by atoms with Crippen LogP contribution >= 0.6 is 0 Å². The summed E-state index contributed by atoms with van der Waals surface area (Å²) in [6.45, 7) is 0. The third-order valence-corrected chi connectivity index (χ3v) is 6.59. The van der Waals surface area contributed by atoms with Gasteiger partial charge >= 0.3 is 0 Å². The van der Waals surface area contributed by atoms with Crippen LogP contribution in [-0.2, 0) is 31.7 Å². The lowest BCUT2D eigenvalue weighted by molar-refractivity contribution is 0.480. The predicted octanol–water partition coefficient (Wildman–Crippen LogP) is 3.53. The van der Waals surface area contributed by atoms with Crippen LogP contribution in [0.5, 0.6) is 0 Å². The Morgan fingerprint density at radius 1 is 0.853 bits per heavy atom. The number of hydrogen-bond acceptors (Lipinski definition) is 6. The van der Waals surface area contributed by atoms with Gasteiger partial charge in [-0.2, -0.15) is 16.8 Å². The molecule has 0 saturated heterocycles. The third-order valence-electron chi connectivity index (χ3n) is 5.21. The predicted molar refractivity (Wildman–Crippen MR) is 135 cm³/mol. The number of rotatable bonds is 7. The van der Waals surface area contributed by atoms with Gasteiger partial charge in [0.05, 0.1) is 5.71 Å². The Morgan fingerprint density at radius 2 is 1.44 bits per heavy atom. The molecule has 2 N–H and O–H groups in total. The second-order valence-corrected chi connectivity index (χ2v) is 10.9. The van der Waals surface area contributed by atoms with Crippen LogP contribution in [0.15, 0.2) is 77.3 Å². The van der Waals surface area contributed by atoms with Crippen molar-refractivity contribution in [1.82, 2.24) is 0 Å². The largest absolute Gasteiger partial charge is 0.378 e. The van der Waals surface area contributed by atoms with Crippen molar-refractivity contribution in [2.75, 3.05) is 26.0 Å². The molecule has 2 aromatic carbocycles. The Bertz CT molecular complexity index is 1400. The second-order valence-electron chi connectivity index (χ2n) is 8.03. The fourth-order valence-electron chi connectivity index (χ4n) is 3.69. The van der Waals surface area contributed by atoms with E-state index >= 15 is 0 Å². The molecule has 0 radical (unpaired) electrons. The number of allylic oxidation sites excluding steroid dienone is 5. The highest BCUT2D eigenvalue weighted by Gasteiger charge is 2.20. The summed E-state index contributed by atoms with van der Waals surface area (Å²) < 4.78 is 65.2. The van der Waals surface area contributed by atoms with Crippen LogP contribution in [-0.4, -0.2) is 52.8 Å². The van der Waals surface area contributed by atoms with Crippen molar-refractivity contribution in [1.29, 1.82) is 0 Å². The molecule has 0 saturated carbocycles. The first-order chi connectivity index (χ1) is 15.9. The average molecular weight is 503 g/mol. The van der Waals surface area contributed by atoms with E-state index in [1.807, 2.05) is 67.6 Å². The molecule has 1 aliphatic carbocycles. The molecule has 180 valence electrons. The topological polar surface area (TPSA) is 124 Å². The van der Waals surface area contributed by atoms with Crippen LogP contribution in [0.25, 0.3) is 5.57 Å². The van der Waals surface area contributed by atoms with E-state index in [1.165, 1.54) is 12.1 Å². The van der Waals surface area contributed by atoms with Crippen LogP contribution in [0.3, 0.4) is 0 Å². The quantitative estimate of drug-likeness (QED) is 0.555. The zero-order valence-electron chi connectivity index (χ0n) is 19.0. The van der Waals surface area contributed by atoms with E-state index in [4.69, 9.17) is 0 Å². The molecule has 10 heteroatoms. The number of aliphatic imine (C=N–C) groups is 1. The molecule has 34 heavy (non-hydrogen) atoms. The zero-order chi connectivity index (χ0) is 25.1. The highest BCUT2D eigenvalue weighted by Crippen LogP contribution is 2.34. The molecule has 0 atom stereocenters. The highest BCUT2D eigenvalue weighted by molar-refractivity contribution is 7.85. The summed E-state index contributed by atoms with van der Waals surface area (Å²) in [6, 6.07) is 12.2. The van der Waals surface area contributed by atoms with Crippen molar-refractivity contribution in [3.05, 3.63) is 94.6 Å². The van der Waals surface area contributed by atoms with Gasteiger partial charge in [-0.3, -0.25) is 14.1 Å². The molecule has 0 bridgehead atoms. The summed E-state index contributed by atoms with van der Waals surface area (Å²) >= 11 is 0. The molecule has 0 fully saturated rings. The first kappa shape index (κ1) is 25.6. The number of hydrogen-bond donors (Lipinski definition) is 2. The molecule has 0 amide bonds. The standard InChI is InChI=1S/C24H26N2O6S2/c1-25-21-9-5-18(6-10-21)24(19-7-11-22(12-8-19)26(2)3)23-13-4-17(15-33(27,28)29)14-20(23)16-34(30,31)32/h4-14H,15-16H2,1-3H3,(H,27,28,29)(H,30,31,32). The van der Waals surface area contributed by atoms with E-state index in [0.717, 1.165) is 22.5 Å². The van der Waals surface area contributed by atoms with Crippen molar-refractivity contribution in [3.8, 4) is 0 Å². The van der Waals surface area contributed by atoms with Gasteiger partial charge < -0.3 is 4.90 Å². The minimum atomic E-state index is -4.43. The summed E-state index contributed by atoms with van der Waals surface area (Å²) in [6.07, 6.45) is 7.39. The van der Waals surface area contributed by atoms with Gasteiger partial charge in [0, 0.05) is 26.8 Å². The molecule has 0 heterocycles. The maximum Gasteiger partial charge on any atom is 0.269 e. The first-order valence-electron chi connectivity index (χ1n) is 10.2. The lowest BCUT2D eigenvalue weighted by Crippen LogP contribution is -2.09. The van der Waals surface area contributed by atoms with Crippen molar-refractivity contribution >= 4 is 37.2 Å². The van der Waals surface area contributed by atoms with Gasteiger partial charge in [0.25, 0.3) is 20.2 Å². The molecule has 2 aromatic rings. The van der Waals surface area contributed by atoms with Gasteiger partial charge in [0.1, 0.15) is 11.5 Å². The summed E-state index contributed by atoms with van der Waals surface area (Å²) in [4.78, 5) is 6.10. The minimum absolute atomic E-state index is 0.201. The van der Waals surface area contributed by atoms with E-state index in [9.17, 15) is 25.9 Å². The molecule has 1 aliphatic rings. The monoisotopic (exact) mass is 502 g/mol. The second kappa shape index (κ2) is 10.1. The van der Waals surface area contributed by atoms with Gasteiger partial charge in [-0.25, -0.2) is 0 Å². The van der Waals surface area contributed by atoms with Gasteiger partial charge in [0.2, 0.25) is 0 Å². The molecule has 8 nitrogen and oxygen atoms in total. The van der Waals surface area contributed by atoms with Gasteiger partial charge in [-0.15, -0.1) is 0 Å². The summed E-state index contributed by atoms with van der Waals surface area (Å²) in [7, 11) is -3.24. The summed E-state index contributed by atoms with van der Waals surface area (Å²) in [5.74, 6) is -1.39. The van der Waals surface area contributed by atoms with E-state index in [2.05, 4.69) is 4.99 Å². The van der Waals surface area contributed by atoms with E-state index in [-0.39, 0.29) is 11.1 Å². The third kappa shape index (κ3) is 6.73. The number of benzene rings is 2. The Balaban J connectivity index is 2.28. The molecule has 0 unspecified atom stereocenters. The van der Waals surface area contributed by atoms with Crippen molar-refractivity contribution in [2.45, 2.75) is 11.5 Å². The molecule has 3 rings (SSSR count). The summed E-state index contributed by atoms with van der Waals surface area (Å²) in [5.41, 5.74) is 4.94. The molecule has 0 aliphatic heterocycles. The lowest BCUT2D eigenvalue weighted by atomic mass is 9.88. The number of anilines is 1. The van der Waals surface area contributed by atoms with Crippen LogP contribution in [0.1, 0.15) is 22.3 Å². The maximum absolute atomic E-state index is 11.8. The molecule has 0 aromatic heterocycles. The van der Waals surface area contributed by atoms with Crippen molar-refractivity contribution in [3.63, 3.8) is 0 Å². The SMILES string of the molecule is CN=C1C=CC(=C(c2ccc(N(C)C)cc2)c2ccc(CS(=O)(=O)O)cc2CS(=O)(=O)O)C=C1. The molecule has 0 spiro atoms. The fraction of sp³-hybridized carbons (Fsp3) is 0.208. The van der Waals surface area contributed by atoms with Gasteiger partial charge in [0.15, 0.2) is 0 Å². The van der Waals surface area contributed by atoms with Crippen LogP contribution < -0.4 is 4.90 Å². The smallest absolute Gasteiger partial charge is 0.269 e. The normalized spacial score (nSPS) is 13.8. The Morgan fingerprint density at radius 3 is 1.94 bits per heavy atom. The average Bonchev–Trinajstić information content (AvgIpc) is 2.74. The maximum atomic E-state index is 11.8. The van der Waals surface area contributed by atoms with Crippen LogP contribution in [0.4, 0.5) is 5.69 Å². The lowest BCUT2D eigenvalue weighted by Gasteiger charge is -2.19. The Kier molecular flexibility index (Phi) is 7.57. The zero-order valence-corrected chi connectivity index (χ0v) is 20.6. The summed E-state index contributed by atoms with van der Waals surface area (Å²) in [5, 5.41) is 0. The van der Waals surface area contributed by atoms with Crippen molar-refractivity contribution < 1.29 is 25.9 Å². The highest BCUT2D eigenvalue weighted by atomic mass is 32.2. The van der Waals surface area contributed by atoms with E-state index in [1.54, 1.807) is 13.1 Å². The van der Waals surface area contributed by atoms with Gasteiger partial charge in [-0.05, 0) is 57.7 Å². The van der Waals surface area contributed by atoms with E-state index in [0.29, 0.717) is 11.1 Å². The van der Waals surface area contributed by atoms with Crippen molar-refractivity contribution in [2.24, 2.45) is 4.99 Å². The first-order valence-corrected chi connectivity index (χ1v) is 13.5. The fourth-order valence-corrected chi connectivity index (χ4v) is 4.92. The number of nitrogens with zero attached hydrogens (tertiary/aromatic N) is 2. The minimum Gasteiger partial charge on any atom is -0.378 e. The Labute approximate surface area is 200 Å². The van der Waals surface area contributed by atoms with Crippen LogP contribution in [0, 0.1) is 0 Å².